The Hall–Kier alpha value is -2.84. The number of hydrogen-bond donors (Lipinski definition) is 1. The lowest BCUT2D eigenvalue weighted by Crippen LogP contribution is -2.30. The van der Waals surface area contributed by atoms with E-state index in [1.165, 1.54) is 30.8 Å². The van der Waals surface area contributed by atoms with Crippen LogP contribution in [0, 0.1) is 10.1 Å². The first kappa shape index (κ1) is 21.9. The Morgan fingerprint density at radius 1 is 1.20 bits per heavy atom. The van der Waals surface area contributed by atoms with Crippen molar-refractivity contribution in [2.75, 3.05) is 24.6 Å². The van der Waals surface area contributed by atoms with E-state index in [4.69, 9.17) is 27.9 Å². The van der Waals surface area contributed by atoms with E-state index in [-0.39, 0.29) is 12.3 Å². The second-order valence-electron chi connectivity index (χ2n) is 6.70. The van der Waals surface area contributed by atoms with Crippen LogP contribution in [0.4, 0.5) is 11.4 Å². The molecule has 8 nitrogen and oxygen atoms in total. The summed E-state index contributed by atoms with van der Waals surface area (Å²) >= 11 is 11.8. The molecule has 1 aliphatic rings. The van der Waals surface area contributed by atoms with Gasteiger partial charge in [-0.15, -0.1) is 0 Å². The van der Waals surface area contributed by atoms with Crippen LogP contribution in [-0.4, -0.2) is 36.7 Å². The molecular formula is C20H20Cl2N4O4. The van der Waals surface area contributed by atoms with Crippen molar-refractivity contribution in [1.29, 1.82) is 0 Å². The molecule has 0 aromatic heterocycles. The smallest absolute Gasteiger partial charge is 0.277 e. The maximum atomic E-state index is 12.0. The minimum atomic E-state index is -0.498. The summed E-state index contributed by atoms with van der Waals surface area (Å²) in [5.41, 5.74) is 3.73. The Kier molecular flexibility index (Phi) is 7.48. The van der Waals surface area contributed by atoms with Gasteiger partial charge in [0.25, 0.3) is 11.6 Å². The number of nitrogens with one attached hydrogen (secondary N) is 1. The standard InChI is InChI=1S/C20H20Cl2N4O4/c21-15-4-7-19(17(22)11-15)30-13-20(27)24-23-12-14-10-16(26(28)29)5-6-18(14)25-8-2-1-3-9-25/h4-7,10-12H,1-3,8-9,13H2,(H,24,27)/b23-12-. The van der Waals surface area contributed by atoms with E-state index in [1.54, 1.807) is 18.2 Å². The van der Waals surface area contributed by atoms with E-state index in [2.05, 4.69) is 15.4 Å². The highest BCUT2D eigenvalue weighted by molar-refractivity contribution is 6.35. The molecule has 1 fully saturated rings. The van der Waals surface area contributed by atoms with E-state index < -0.39 is 10.8 Å². The number of nitro benzene ring substituents is 1. The lowest BCUT2D eigenvalue weighted by molar-refractivity contribution is -0.384. The molecule has 0 spiro atoms. The Balaban J connectivity index is 1.65. The summed E-state index contributed by atoms with van der Waals surface area (Å²) in [6, 6.07) is 9.32. The number of nitrogens with zero attached hydrogens (tertiary/aromatic N) is 3. The molecule has 3 rings (SSSR count). The molecule has 158 valence electrons. The van der Waals surface area contributed by atoms with Crippen LogP contribution in [0.2, 0.25) is 10.0 Å². The number of hydrogen-bond acceptors (Lipinski definition) is 6. The Bertz CT molecular complexity index is 962. The first-order valence-corrected chi connectivity index (χ1v) is 10.1. The van der Waals surface area contributed by atoms with Gasteiger partial charge in [-0.05, 0) is 43.5 Å². The van der Waals surface area contributed by atoms with E-state index in [9.17, 15) is 14.9 Å². The Labute approximate surface area is 183 Å². The van der Waals surface area contributed by atoms with Gasteiger partial charge in [0.2, 0.25) is 0 Å². The van der Waals surface area contributed by atoms with Crippen molar-refractivity contribution in [2.24, 2.45) is 5.10 Å². The van der Waals surface area contributed by atoms with Crippen molar-refractivity contribution in [1.82, 2.24) is 5.43 Å². The molecule has 0 saturated carbocycles. The number of non-ortho nitro benzene ring substituents is 1. The molecule has 1 heterocycles. The van der Waals surface area contributed by atoms with Gasteiger partial charge in [0.1, 0.15) is 5.75 Å². The van der Waals surface area contributed by atoms with Gasteiger partial charge in [-0.25, -0.2) is 5.43 Å². The fourth-order valence-corrected chi connectivity index (χ4v) is 3.59. The van der Waals surface area contributed by atoms with Gasteiger partial charge in [0.15, 0.2) is 6.61 Å². The molecule has 0 unspecified atom stereocenters. The molecule has 1 saturated heterocycles. The third-order valence-electron chi connectivity index (χ3n) is 4.56. The van der Waals surface area contributed by atoms with E-state index in [0.29, 0.717) is 21.4 Å². The van der Waals surface area contributed by atoms with Crippen LogP contribution in [0.3, 0.4) is 0 Å². The van der Waals surface area contributed by atoms with E-state index in [0.717, 1.165) is 31.6 Å². The second-order valence-corrected chi connectivity index (χ2v) is 7.55. The van der Waals surface area contributed by atoms with Crippen LogP contribution in [0.5, 0.6) is 5.75 Å². The minimum absolute atomic E-state index is 0.0377. The lowest BCUT2D eigenvalue weighted by atomic mass is 10.1. The number of piperidine rings is 1. The summed E-state index contributed by atoms with van der Waals surface area (Å²) in [6.45, 7) is 1.45. The summed E-state index contributed by atoms with van der Waals surface area (Å²) in [7, 11) is 0. The molecule has 0 radical (unpaired) electrons. The van der Waals surface area contributed by atoms with Crippen molar-refractivity contribution in [2.45, 2.75) is 19.3 Å². The predicted molar refractivity (Wildman–Crippen MR) is 117 cm³/mol. The average molecular weight is 451 g/mol. The van der Waals surface area contributed by atoms with Crippen molar-refractivity contribution in [3.63, 3.8) is 0 Å². The van der Waals surface area contributed by atoms with Crippen molar-refractivity contribution in [3.8, 4) is 5.75 Å². The van der Waals surface area contributed by atoms with Crippen molar-refractivity contribution < 1.29 is 14.5 Å². The molecule has 0 bridgehead atoms. The van der Waals surface area contributed by atoms with E-state index >= 15 is 0 Å². The van der Waals surface area contributed by atoms with Crippen molar-refractivity contribution >= 4 is 46.7 Å². The van der Waals surface area contributed by atoms with Gasteiger partial charge in [0, 0.05) is 41.5 Å². The zero-order chi connectivity index (χ0) is 21.5. The maximum Gasteiger partial charge on any atom is 0.277 e. The van der Waals surface area contributed by atoms with Gasteiger partial charge in [-0.2, -0.15) is 5.10 Å². The van der Waals surface area contributed by atoms with Crippen LogP contribution in [0.15, 0.2) is 41.5 Å². The zero-order valence-corrected chi connectivity index (χ0v) is 17.5. The summed E-state index contributed by atoms with van der Waals surface area (Å²) in [5.74, 6) is -0.173. The highest BCUT2D eigenvalue weighted by Gasteiger charge is 2.17. The number of anilines is 1. The van der Waals surface area contributed by atoms with Crippen LogP contribution < -0.4 is 15.1 Å². The SMILES string of the molecule is O=C(COc1ccc(Cl)cc1Cl)N/N=C\c1cc([N+](=O)[O-])ccc1N1CCCCC1. The first-order valence-electron chi connectivity index (χ1n) is 9.37. The molecular weight excluding hydrogens is 431 g/mol. The van der Waals surface area contributed by atoms with Gasteiger partial charge in [-0.1, -0.05) is 23.2 Å². The van der Waals surface area contributed by atoms with Crippen LogP contribution >= 0.6 is 23.2 Å². The molecule has 1 aliphatic heterocycles. The molecule has 10 heteroatoms. The summed E-state index contributed by atoms with van der Waals surface area (Å²) < 4.78 is 5.35. The van der Waals surface area contributed by atoms with Crippen LogP contribution in [-0.2, 0) is 4.79 Å². The second kappa shape index (κ2) is 10.3. The van der Waals surface area contributed by atoms with Gasteiger partial charge in [0.05, 0.1) is 16.2 Å². The third kappa shape index (κ3) is 5.84. The first-order chi connectivity index (χ1) is 14.4. The number of carbonyl (C=O) groups is 1. The topological polar surface area (TPSA) is 97.1 Å². The number of ether oxygens (including phenoxy) is 1. The van der Waals surface area contributed by atoms with Gasteiger partial charge < -0.3 is 9.64 Å². The maximum absolute atomic E-state index is 12.0. The van der Waals surface area contributed by atoms with Crippen molar-refractivity contribution in [3.05, 3.63) is 62.1 Å². The summed E-state index contributed by atoms with van der Waals surface area (Å²) in [4.78, 5) is 24.9. The quantitative estimate of drug-likeness (QED) is 0.382. The minimum Gasteiger partial charge on any atom is -0.482 e. The monoisotopic (exact) mass is 450 g/mol. The van der Waals surface area contributed by atoms with E-state index in [1.807, 2.05) is 0 Å². The predicted octanol–water partition coefficient (Wildman–Crippen LogP) is 4.42. The fourth-order valence-electron chi connectivity index (χ4n) is 3.12. The van der Waals surface area contributed by atoms with Crippen LogP contribution in [0.25, 0.3) is 0 Å². The average Bonchev–Trinajstić information content (AvgIpc) is 2.73. The van der Waals surface area contributed by atoms with Gasteiger partial charge in [-0.3, -0.25) is 14.9 Å². The number of hydrazone groups is 1. The molecule has 1 amide bonds. The molecule has 0 atom stereocenters. The summed E-state index contributed by atoms with van der Waals surface area (Å²) in [6.07, 6.45) is 4.70. The number of amides is 1. The molecule has 0 aliphatic carbocycles. The number of carbonyl (C=O) groups excluding carboxylic acids is 1. The molecule has 2 aromatic rings. The number of halogens is 2. The highest BCUT2D eigenvalue weighted by Crippen LogP contribution is 2.28. The number of rotatable bonds is 7. The molecule has 30 heavy (non-hydrogen) atoms. The third-order valence-corrected chi connectivity index (χ3v) is 5.09. The Morgan fingerprint density at radius 2 is 1.97 bits per heavy atom. The molecule has 1 N–H and O–H groups in total. The van der Waals surface area contributed by atoms with Gasteiger partial charge >= 0.3 is 0 Å². The number of benzene rings is 2. The Morgan fingerprint density at radius 3 is 2.67 bits per heavy atom. The fraction of sp³-hybridized carbons (Fsp3) is 0.300. The normalized spacial score (nSPS) is 14.0. The zero-order valence-electron chi connectivity index (χ0n) is 16.0. The largest absolute Gasteiger partial charge is 0.482 e. The number of nitro groups is 1. The summed E-state index contributed by atoms with van der Waals surface area (Å²) in [5, 5.41) is 15.8. The highest BCUT2D eigenvalue weighted by atomic mass is 35.5. The van der Waals surface area contributed by atoms with Crippen LogP contribution in [0.1, 0.15) is 24.8 Å². The lowest BCUT2D eigenvalue weighted by Gasteiger charge is -2.29. The molecule has 2 aromatic carbocycles.